The van der Waals surface area contributed by atoms with Crippen LogP contribution in [0.1, 0.15) is 0 Å². The Morgan fingerprint density at radius 3 is 2.75 bits per heavy atom. The Kier molecular flexibility index (Phi) is 3.42. The normalized spacial score (nSPS) is 12.4. The fourth-order valence-electron chi connectivity index (χ4n) is 2.29. The van der Waals surface area contributed by atoms with Crippen LogP contribution < -0.4 is 20.5 Å². The van der Waals surface area contributed by atoms with Gasteiger partial charge in [0.25, 0.3) is 0 Å². The molecule has 7 nitrogen and oxygen atoms in total. The molecule has 0 fully saturated rings. The smallest absolute Gasteiger partial charge is 0.439 e. The lowest BCUT2D eigenvalue weighted by molar-refractivity contribution is 0.174. The summed E-state index contributed by atoms with van der Waals surface area (Å²) in [5.41, 5.74) is 1.27. The van der Waals surface area contributed by atoms with Crippen molar-refractivity contribution in [2.75, 3.05) is 12.1 Å². The van der Waals surface area contributed by atoms with Crippen molar-refractivity contribution >= 4 is 5.69 Å². The summed E-state index contributed by atoms with van der Waals surface area (Å²) >= 11 is 0. The third kappa shape index (κ3) is 2.69. The quantitative estimate of drug-likeness (QED) is 0.792. The van der Waals surface area contributed by atoms with Gasteiger partial charge >= 0.3 is 5.76 Å². The standard InChI is InChI=1S/C16H12FN3O4/c17-11-2-4-12(5-3-11)18-8-20-16(21)24-15(19-20)10-1-6-13-14(7-10)23-9-22-13/h1-7,18H,8-9H2. The minimum absolute atomic E-state index is 0.0958. The van der Waals surface area contributed by atoms with E-state index in [0.29, 0.717) is 22.7 Å². The highest BCUT2D eigenvalue weighted by Crippen LogP contribution is 2.35. The van der Waals surface area contributed by atoms with Gasteiger partial charge in [-0.3, -0.25) is 0 Å². The number of fused-ring (bicyclic) bond motifs is 1. The molecule has 2 heterocycles. The Morgan fingerprint density at radius 2 is 1.92 bits per heavy atom. The summed E-state index contributed by atoms with van der Waals surface area (Å²) in [6, 6.07) is 11.0. The molecule has 0 spiro atoms. The Hall–Kier alpha value is -3.29. The number of benzene rings is 2. The fraction of sp³-hybridized carbons (Fsp3) is 0.125. The molecular formula is C16H12FN3O4. The molecule has 0 radical (unpaired) electrons. The first-order chi connectivity index (χ1) is 11.7. The Balaban J connectivity index is 1.54. The van der Waals surface area contributed by atoms with Crippen LogP contribution in [0.25, 0.3) is 11.5 Å². The lowest BCUT2D eigenvalue weighted by Crippen LogP contribution is -2.20. The van der Waals surface area contributed by atoms with Gasteiger partial charge in [-0.1, -0.05) is 0 Å². The van der Waals surface area contributed by atoms with E-state index >= 15 is 0 Å². The van der Waals surface area contributed by atoms with Crippen molar-refractivity contribution in [3.8, 4) is 23.0 Å². The molecule has 0 unspecified atom stereocenters. The molecule has 24 heavy (non-hydrogen) atoms. The second-order valence-electron chi connectivity index (χ2n) is 5.08. The number of anilines is 1. The van der Waals surface area contributed by atoms with Crippen LogP contribution in [-0.4, -0.2) is 16.6 Å². The van der Waals surface area contributed by atoms with Gasteiger partial charge in [0.2, 0.25) is 12.7 Å². The van der Waals surface area contributed by atoms with E-state index in [0.717, 1.165) is 4.68 Å². The maximum Gasteiger partial charge on any atom is 0.439 e. The van der Waals surface area contributed by atoms with Crippen LogP contribution in [0.4, 0.5) is 10.1 Å². The van der Waals surface area contributed by atoms with E-state index in [1.807, 2.05) is 0 Å². The fourth-order valence-corrected chi connectivity index (χ4v) is 2.29. The van der Waals surface area contributed by atoms with Crippen LogP contribution in [0.2, 0.25) is 0 Å². The van der Waals surface area contributed by atoms with E-state index in [-0.39, 0.29) is 25.2 Å². The predicted molar refractivity (Wildman–Crippen MR) is 82.3 cm³/mol. The maximum absolute atomic E-state index is 12.9. The number of nitrogens with zero attached hydrogens (tertiary/aromatic N) is 2. The first-order valence-electron chi connectivity index (χ1n) is 7.16. The van der Waals surface area contributed by atoms with Crippen LogP contribution in [-0.2, 0) is 6.67 Å². The van der Waals surface area contributed by atoms with Crippen LogP contribution in [0.15, 0.2) is 51.7 Å². The number of nitrogens with one attached hydrogen (secondary N) is 1. The first-order valence-corrected chi connectivity index (χ1v) is 7.16. The number of hydrogen-bond donors (Lipinski definition) is 1. The zero-order valence-electron chi connectivity index (χ0n) is 12.4. The Bertz CT molecular complexity index is 933. The van der Waals surface area contributed by atoms with Gasteiger partial charge in [-0.25, -0.2) is 9.18 Å². The average molecular weight is 329 g/mol. The van der Waals surface area contributed by atoms with E-state index in [1.54, 1.807) is 30.3 Å². The molecule has 1 aliphatic rings. The van der Waals surface area contributed by atoms with Crippen LogP contribution in [0.5, 0.6) is 11.5 Å². The lowest BCUT2D eigenvalue weighted by Gasteiger charge is -2.04. The first kappa shape index (κ1) is 14.3. The molecule has 1 aliphatic heterocycles. The molecule has 0 saturated heterocycles. The number of rotatable bonds is 4. The molecule has 0 atom stereocenters. The molecular weight excluding hydrogens is 317 g/mol. The van der Waals surface area contributed by atoms with Gasteiger partial charge in [0, 0.05) is 11.3 Å². The van der Waals surface area contributed by atoms with Crippen molar-refractivity contribution in [1.82, 2.24) is 9.78 Å². The molecule has 8 heteroatoms. The maximum atomic E-state index is 12.9. The molecule has 1 N–H and O–H groups in total. The summed E-state index contributed by atoms with van der Waals surface area (Å²) in [5.74, 6) is 0.466. The van der Waals surface area contributed by atoms with Gasteiger partial charge < -0.3 is 19.2 Å². The second kappa shape index (κ2) is 5.73. The molecule has 4 rings (SSSR count). The third-order valence-corrected chi connectivity index (χ3v) is 3.50. The summed E-state index contributed by atoms with van der Waals surface area (Å²) in [4.78, 5) is 11.9. The summed E-state index contributed by atoms with van der Waals surface area (Å²) in [6.45, 7) is 0.261. The number of ether oxygens (including phenoxy) is 2. The van der Waals surface area contributed by atoms with E-state index in [9.17, 15) is 9.18 Å². The molecule has 0 amide bonds. The minimum atomic E-state index is -0.600. The highest BCUT2D eigenvalue weighted by molar-refractivity contribution is 5.60. The summed E-state index contributed by atoms with van der Waals surface area (Å²) in [5, 5.41) is 7.11. The lowest BCUT2D eigenvalue weighted by atomic mass is 10.2. The van der Waals surface area contributed by atoms with Gasteiger partial charge in [0.15, 0.2) is 11.5 Å². The van der Waals surface area contributed by atoms with Gasteiger partial charge in [-0.05, 0) is 42.5 Å². The molecule has 0 aliphatic carbocycles. The van der Waals surface area contributed by atoms with Crippen molar-refractivity contribution in [3.63, 3.8) is 0 Å². The average Bonchev–Trinajstić information content (AvgIpc) is 3.20. The zero-order valence-corrected chi connectivity index (χ0v) is 12.4. The molecule has 3 aromatic rings. The molecule has 122 valence electrons. The van der Waals surface area contributed by atoms with Gasteiger partial charge in [0.1, 0.15) is 12.5 Å². The van der Waals surface area contributed by atoms with Crippen LogP contribution in [0.3, 0.4) is 0 Å². The van der Waals surface area contributed by atoms with Gasteiger partial charge in [-0.15, -0.1) is 5.10 Å². The highest BCUT2D eigenvalue weighted by atomic mass is 19.1. The summed E-state index contributed by atoms with van der Waals surface area (Å²) in [6.07, 6.45) is 0. The van der Waals surface area contributed by atoms with Crippen molar-refractivity contribution in [2.45, 2.75) is 6.67 Å². The second-order valence-corrected chi connectivity index (χ2v) is 5.08. The van der Waals surface area contributed by atoms with Crippen molar-refractivity contribution in [2.24, 2.45) is 0 Å². The summed E-state index contributed by atoms with van der Waals surface area (Å²) in [7, 11) is 0. The highest BCUT2D eigenvalue weighted by Gasteiger charge is 2.17. The summed E-state index contributed by atoms with van der Waals surface area (Å²) < 4.78 is 29.7. The molecule has 2 aromatic carbocycles. The van der Waals surface area contributed by atoms with Crippen molar-refractivity contribution < 1.29 is 18.3 Å². The largest absolute Gasteiger partial charge is 0.454 e. The van der Waals surface area contributed by atoms with Crippen LogP contribution in [0, 0.1) is 5.82 Å². The van der Waals surface area contributed by atoms with E-state index < -0.39 is 5.76 Å². The SMILES string of the molecule is O=c1oc(-c2ccc3c(c2)OCO3)nn1CNc1ccc(F)cc1. The van der Waals surface area contributed by atoms with Gasteiger partial charge in [-0.2, -0.15) is 4.68 Å². The Morgan fingerprint density at radius 1 is 1.12 bits per heavy atom. The molecule has 1 aromatic heterocycles. The number of hydrogen-bond acceptors (Lipinski definition) is 6. The topological polar surface area (TPSA) is 78.5 Å². The predicted octanol–water partition coefficient (Wildman–Crippen LogP) is 2.44. The minimum Gasteiger partial charge on any atom is -0.454 e. The monoisotopic (exact) mass is 329 g/mol. The van der Waals surface area contributed by atoms with Gasteiger partial charge in [0.05, 0.1) is 0 Å². The number of halogens is 1. The van der Waals surface area contributed by atoms with E-state index in [4.69, 9.17) is 13.9 Å². The van der Waals surface area contributed by atoms with Crippen LogP contribution >= 0.6 is 0 Å². The van der Waals surface area contributed by atoms with E-state index in [2.05, 4.69) is 10.4 Å². The zero-order chi connectivity index (χ0) is 16.5. The Labute approximate surface area is 135 Å². The molecule has 0 saturated carbocycles. The third-order valence-electron chi connectivity index (χ3n) is 3.50. The van der Waals surface area contributed by atoms with Crippen molar-refractivity contribution in [3.05, 3.63) is 58.8 Å². The molecule has 0 bridgehead atoms. The van der Waals surface area contributed by atoms with Crippen molar-refractivity contribution in [1.29, 1.82) is 0 Å². The van der Waals surface area contributed by atoms with E-state index in [1.165, 1.54) is 12.1 Å². The number of aromatic nitrogens is 2.